The Morgan fingerprint density at radius 3 is 2.82 bits per heavy atom. The van der Waals surface area contributed by atoms with Crippen LogP contribution in [0.3, 0.4) is 0 Å². The van der Waals surface area contributed by atoms with E-state index in [1.807, 2.05) is 6.92 Å². The Balaban J connectivity index is 2.83. The molecule has 17 heavy (non-hydrogen) atoms. The van der Waals surface area contributed by atoms with E-state index < -0.39 is 17.3 Å². The summed E-state index contributed by atoms with van der Waals surface area (Å²) in [5, 5.41) is 8.88. The van der Waals surface area contributed by atoms with Crippen molar-refractivity contribution in [2.45, 2.75) is 20.0 Å². The maximum Gasteiger partial charge on any atom is 0.342 e. The monoisotopic (exact) mass is 242 g/mol. The number of carboxylic acids is 1. The van der Waals surface area contributed by atoms with Crippen LogP contribution in [-0.4, -0.2) is 30.4 Å². The molecule has 94 valence electrons. The number of rotatable bonds is 6. The van der Waals surface area contributed by atoms with Crippen LogP contribution in [0.5, 0.6) is 5.75 Å². The zero-order chi connectivity index (χ0) is 12.8. The molecule has 0 saturated heterocycles. The first kappa shape index (κ1) is 13.4. The van der Waals surface area contributed by atoms with Crippen LogP contribution < -0.4 is 4.74 Å². The summed E-state index contributed by atoms with van der Waals surface area (Å²) >= 11 is 0. The first-order valence-corrected chi connectivity index (χ1v) is 5.32. The number of aromatic carboxylic acids is 1. The Hall–Kier alpha value is -1.62. The highest BCUT2D eigenvalue weighted by Crippen LogP contribution is 2.22. The van der Waals surface area contributed by atoms with Crippen LogP contribution in [0, 0.1) is 5.82 Å². The van der Waals surface area contributed by atoms with Gasteiger partial charge in [0, 0.05) is 6.61 Å². The SMILES string of the molecule is CCOCC(C)Oc1cccc(F)c1C(=O)O. The summed E-state index contributed by atoms with van der Waals surface area (Å²) in [6, 6.07) is 3.92. The lowest BCUT2D eigenvalue weighted by Crippen LogP contribution is -2.20. The zero-order valence-electron chi connectivity index (χ0n) is 9.77. The number of ether oxygens (including phenoxy) is 2. The van der Waals surface area contributed by atoms with Crippen molar-refractivity contribution in [3.8, 4) is 5.75 Å². The van der Waals surface area contributed by atoms with Gasteiger partial charge in [-0.3, -0.25) is 0 Å². The van der Waals surface area contributed by atoms with E-state index in [9.17, 15) is 9.18 Å². The molecule has 0 heterocycles. The second-order valence-electron chi connectivity index (χ2n) is 3.51. The standard InChI is InChI=1S/C12H15FO4/c1-3-16-7-8(2)17-10-6-4-5-9(13)11(10)12(14)15/h4-6,8H,3,7H2,1-2H3,(H,14,15). The van der Waals surface area contributed by atoms with Gasteiger partial charge >= 0.3 is 5.97 Å². The fourth-order valence-electron chi connectivity index (χ4n) is 1.34. The topological polar surface area (TPSA) is 55.8 Å². The largest absolute Gasteiger partial charge is 0.487 e. The third kappa shape index (κ3) is 3.71. The van der Waals surface area contributed by atoms with Crippen LogP contribution in [0.4, 0.5) is 4.39 Å². The number of carboxylic acid groups (broad SMARTS) is 1. The summed E-state index contributed by atoms with van der Waals surface area (Å²) in [6.45, 7) is 4.44. The zero-order valence-corrected chi connectivity index (χ0v) is 9.77. The van der Waals surface area contributed by atoms with Gasteiger partial charge in [0.15, 0.2) is 0 Å². The van der Waals surface area contributed by atoms with Crippen molar-refractivity contribution in [3.05, 3.63) is 29.6 Å². The van der Waals surface area contributed by atoms with E-state index in [4.69, 9.17) is 14.6 Å². The summed E-state index contributed by atoms with van der Waals surface area (Å²) in [7, 11) is 0. The molecule has 1 rings (SSSR count). The van der Waals surface area contributed by atoms with Crippen LogP contribution in [0.1, 0.15) is 24.2 Å². The molecular formula is C12H15FO4. The molecule has 0 spiro atoms. The summed E-state index contributed by atoms with van der Waals surface area (Å²) in [4.78, 5) is 10.9. The maximum atomic E-state index is 13.3. The highest BCUT2D eigenvalue weighted by molar-refractivity contribution is 5.91. The quantitative estimate of drug-likeness (QED) is 0.831. The van der Waals surface area contributed by atoms with Crippen molar-refractivity contribution < 1.29 is 23.8 Å². The van der Waals surface area contributed by atoms with Gasteiger partial charge in [0.2, 0.25) is 0 Å². The van der Waals surface area contributed by atoms with Crippen molar-refractivity contribution in [1.29, 1.82) is 0 Å². The van der Waals surface area contributed by atoms with E-state index in [-0.39, 0.29) is 11.9 Å². The van der Waals surface area contributed by atoms with Crippen LogP contribution >= 0.6 is 0 Å². The summed E-state index contributed by atoms with van der Waals surface area (Å²) < 4.78 is 23.8. The van der Waals surface area contributed by atoms with Gasteiger partial charge in [-0.15, -0.1) is 0 Å². The highest BCUT2D eigenvalue weighted by Gasteiger charge is 2.18. The van der Waals surface area contributed by atoms with Crippen LogP contribution in [0.25, 0.3) is 0 Å². The molecule has 1 unspecified atom stereocenters. The van der Waals surface area contributed by atoms with E-state index in [1.165, 1.54) is 12.1 Å². The van der Waals surface area contributed by atoms with Crippen molar-refractivity contribution >= 4 is 5.97 Å². The van der Waals surface area contributed by atoms with Crippen LogP contribution in [-0.2, 0) is 4.74 Å². The maximum absolute atomic E-state index is 13.3. The van der Waals surface area contributed by atoms with Gasteiger partial charge in [0.1, 0.15) is 23.2 Å². The van der Waals surface area contributed by atoms with Crippen LogP contribution in [0.15, 0.2) is 18.2 Å². The summed E-state index contributed by atoms with van der Waals surface area (Å²) in [5.74, 6) is -2.13. The number of hydrogen-bond acceptors (Lipinski definition) is 3. The Labute approximate surface area is 99.0 Å². The first-order chi connectivity index (χ1) is 8.06. The molecule has 0 bridgehead atoms. The van der Waals surface area contributed by atoms with E-state index in [2.05, 4.69) is 0 Å². The molecule has 1 aromatic carbocycles. The molecule has 4 nitrogen and oxygen atoms in total. The lowest BCUT2D eigenvalue weighted by atomic mass is 10.2. The smallest absolute Gasteiger partial charge is 0.342 e. The number of hydrogen-bond donors (Lipinski definition) is 1. The second-order valence-corrected chi connectivity index (χ2v) is 3.51. The Morgan fingerprint density at radius 1 is 1.53 bits per heavy atom. The Morgan fingerprint density at radius 2 is 2.24 bits per heavy atom. The van der Waals surface area contributed by atoms with E-state index >= 15 is 0 Å². The number of halogens is 1. The third-order valence-corrected chi connectivity index (χ3v) is 2.07. The highest BCUT2D eigenvalue weighted by atomic mass is 19.1. The molecule has 1 aromatic rings. The summed E-state index contributed by atoms with van der Waals surface area (Å²) in [5.41, 5.74) is -0.448. The minimum absolute atomic E-state index is 0.0182. The van der Waals surface area contributed by atoms with Gasteiger partial charge < -0.3 is 14.6 Å². The number of benzene rings is 1. The minimum atomic E-state index is -1.35. The van der Waals surface area contributed by atoms with Gasteiger partial charge in [-0.25, -0.2) is 9.18 Å². The molecule has 0 fully saturated rings. The second kappa shape index (κ2) is 6.20. The third-order valence-electron chi connectivity index (χ3n) is 2.07. The van der Waals surface area contributed by atoms with Crippen molar-refractivity contribution in [2.24, 2.45) is 0 Å². The van der Waals surface area contributed by atoms with Crippen molar-refractivity contribution in [3.63, 3.8) is 0 Å². The molecule has 0 amide bonds. The Kier molecular flexibility index (Phi) is 4.90. The van der Waals surface area contributed by atoms with Crippen molar-refractivity contribution in [1.82, 2.24) is 0 Å². The molecule has 0 saturated carbocycles. The fraction of sp³-hybridized carbons (Fsp3) is 0.417. The van der Waals surface area contributed by atoms with Gasteiger partial charge in [0.25, 0.3) is 0 Å². The molecule has 0 aliphatic carbocycles. The molecule has 0 aromatic heterocycles. The molecule has 1 N–H and O–H groups in total. The Bertz CT molecular complexity index is 392. The van der Waals surface area contributed by atoms with Crippen LogP contribution in [0.2, 0.25) is 0 Å². The molecule has 0 radical (unpaired) electrons. The van der Waals surface area contributed by atoms with Gasteiger partial charge in [-0.05, 0) is 26.0 Å². The van der Waals surface area contributed by atoms with E-state index in [1.54, 1.807) is 6.92 Å². The molecule has 0 aliphatic heterocycles. The van der Waals surface area contributed by atoms with E-state index in [0.29, 0.717) is 13.2 Å². The molecule has 1 atom stereocenters. The van der Waals surface area contributed by atoms with Crippen molar-refractivity contribution in [2.75, 3.05) is 13.2 Å². The molecule has 0 aliphatic rings. The van der Waals surface area contributed by atoms with Gasteiger partial charge in [0.05, 0.1) is 6.61 Å². The minimum Gasteiger partial charge on any atom is -0.487 e. The summed E-state index contributed by atoms with van der Waals surface area (Å²) in [6.07, 6.45) is -0.338. The normalized spacial score (nSPS) is 12.2. The van der Waals surface area contributed by atoms with Gasteiger partial charge in [-0.1, -0.05) is 6.07 Å². The first-order valence-electron chi connectivity index (χ1n) is 5.32. The lowest BCUT2D eigenvalue weighted by molar-refractivity contribution is 0.0601. The predicted octanol–water partition coefficient (Wildman–Crippen LogP) is 2.33. The predicted molar refractivity (Wildman–Crippen MR) is 59.9 cm³/mol. The lowest BCUT2D eigenvalue weighted by Gasteiger charge is -2.16. The molecular weight excluding hydrogens is 227 g/mol. The fourth-order valence-corrected chi connectivity index (χ4v) is 1.34. The average molecular weight is 242 g/mol. The van der Waals surface area contributed by atoms with Gasteiger partial charge in [-0.2, -0.15) is 0 Å². The number of carbonyl (C=O) groups is 1. The van der Waals surface area contributed by atoms with E-state index in [0.717, 1.165) is 6.07 Å². The average Bonchev–Trinajstić information content (AvgIpc) is 2.25. The molecule has 5 heteroatoms.